The molecule has 2 amide bonds. The second kappa shape index (κ2) is 7.48. The number of aryl methyl sites for hydroxylation is 1. The van der Waals surface area contributed by atoms with E-state index in [1.54, 1.807) is 16.9 Å². The average molecular weight is 341 g/mol. The van der Waals surface area contributed by atoms with Crippen molar-refractivity contribution < 1.29 is 9.59 Å². The second-order valence-electron chi connectivity index (χ2n) is 6.53. The lowest BCUT2D eigenvalue weighted by molar-refractivity contribution is -0.122. The minimum absolute atomic E-state index is 0.115. The Balaban J connectivity index is 1.57. The lowest BCUT2D eigenvalue weighted by atomic mass is 10.1. The van der Waals surface area contributed by atoms with Gasteiger partial charge in [-0.15, -0.1) is 0 Å². The Bertz CT molecular complexity index is 770. The van der Waals surface area contributed by atoms with Crippen molar-refractivity contribution in [1.82, 2.24) is 14.7 Å². The van der Waals surface area contributed by atoms with Gasteiger partial charge in [-0.25, -0.2) is 4.68 Å². The molecule has 1 saturated heterocycles. The van der Waals surface area contributed by atoms with Crippen molar-refractivity contribution in [1.29, 1.82) is 0 Å². The van der Waals surface area contributed by atoms with Gasteiger partial charge in [0.05, 0.1) is 25.2 Å². The van der Waals surface area contributed by atoms with Crippen LogP contribution in [0.4, 0.5) is 5.82 Å². The molecule has 7 nitrogen and oxygen atoms in total. The van der Waals surface area contributed by atoms with Gasteiger partial charge in [0.25, 0.3) is 0 Å². The molecule has 2 heterocycles. The number of nitrogens with one attached hydrogen (secondary N) is 1. The highest BCUT2D eigenvalue weighted by Gasteiger charge is 2.27. The first-order valence-electron chi connectivity index (χ1n) is 8.40. The highest BCUT2D eigenvalue weighted by atomic mass is 16.2. The van der Waals surface area contributed by atoms with Crippen LogP contribution >= 0.6 is 0 Å². The molecule has 3 N–H and O–H groups in total. The van der Waals surface area contributed by atoms with Crippen LogP contribution in [0.2, 0.25) is 0 Å². The number of amides is 2. The molecule has 0 saturated carbocycles. The number of carbonyl (C=O) groups excluding carboxylic acids is 2. The van der Waals surface area contributed by atoms with E-state index in [0.717, 1.165) is 5.56 Å². The zero-order valence-electron chi connectivity index (χ0n) is 14.3. The fraction of sp³-hybridized carbons (Fsp3) is 0.389. The van der Waals surface area contributed by atoms with Gasteiger partial charge in [0.2, 0.25) is 11.8 Å². The van der Waals surface area contributed by atoms with Crippen LogP contribution in [0.1, 0.15) is 17.5 Å². The normalized spacial score (nSPS) is 17.6. The summed E-state index contributed by atoms with van der Waals surface area (Å²) in [7, 11) is 0. The molecule has 1 aromatic carbocycles. The van der Waals surface area contributed by atoms with Crippen molar-refractivity contribution in [3.8, 4) is 0 Å². The van der Waals surface area contributed by atoms with Crippen LogP contribution in [0.3, 0.4) is 0 Å². The lowest BCUT2D eigenvalue weighted by Crippen LogP contribution is -2.33. The van der Waals surface area contributed by atoms with Gasteiger partial charge in [-0.05, 0) is 25.5 Å². The van der Waals surface area contributed by atoms with Crippen LogP contribution in [-0.2, 0) is 16.1 Å². The number of nitrogens with two attached hydrogens (primary N) is 1. The lowest BCUT2D eigenvalue weighted by Gasteiger charge is -2.15. The summed E-state index contributed by atoms with van der Waals surface area (Å²) in [5.41, 5.74) is 7.64. The van der Waals surface area contributed by atoms with Crippen molar-refractivity contribution in [3.05, 3.63) is 47.7 Å². The van der Waals surface area contributed by atoms with E-state index in [2.05, 4.69) is 16.5 Å². The van der Waals surface area contributed by atoms with Gasteiger partial charge in [0, 0.05) is 12.6 Å². The van der Waals surface area contributed by atoms with E-state index in [-0.39, 0.29) is 24.3 Å². The molecule has 2 aromatic rings. The van der Waals surface area contributed by atoms with Crippen LogP contribution in [0, 0.1) is 12.8 Å². The maximum atomic E-state index is 12.3. The van der Waals surface area contributed by atoms with Gasteiger partial charge < -0.3 is 11.1 Å². The smallest absolute Gasteiger partial charge is 0.239 e. The predicted molar refractivity (Wildman–Crippen MR) is 94.9 cm³/mol. The van der Waals surface area contributed by atoms with Gasteiger partial charge in [-0.3, -0.25) is 14.5 Å². The maximum Gasteiger partial charge on any atom is 0.239 e. The van der Waals surface area contributed by atoms with E-state index < -0.39 is 0 Å². The molecule has 1 aliphatic heterocycles. The summed E-state index contributed by atoms with van der Waals surface area (Å²) in [6.07, 6.45) is 2.39. The van der Waals surface area contributed by atoms with Crippen molar-refractivity contribution in [2.24, 2.45) is 11.7 Å². The van der Waals surface area contributed by atoms with E-state index in [4.69, 9.17) is 5.73 Å². The quantitative estimate of drug-likeness (QED) is 0.819. The van der Waals surface area contributed by atoms with Crippen LogP contribution in [0.15, 0.2) is 36.5 Å². The molecule has 1 aromatic heterocycles. The molecular formula is C18H23N5O2. The summed E-state index contributed by atoms with van der Waals surface area (Å²) in [4.78, 5) is 25.5. The monoisotopic (exact) mass is 341 g/mol. The Kier molecular flexibility index (Phi) is 5.14. The largest absolute Gasteiger partial charge is 0.369 e. The summed E-state index contributed by atoms with van der Waals surface area (Å²) in [5.74, 6) is 0.104. The molecule has 7 heteroatoms. The third-order valence-electron chi connectivity index (χ3n) is 4.44. The van der Waals surface area contributed by atoms with E-state index in [1.807, 2.05) is 30.0 Å². The third-order valence-corrected chi connectivity index (χ3v) is 4.44. The summed E-state index contributed by atoms with van der Waals surface area (Å²) < 4.78 is 1.77. The Morgan fingerprint density at radius 2 is 2.20 bits per heavy atom. The number of likely N-dealkylation sites (tertiary alicyclic amines) is 1. The van der Waals surface area contributed by atoms with Crippen molar-refractivity contribution in [2.45, 2.75) is 19.9 Å². The first-order chi connectivity index (χ1) is 12.0. The van der Waals surface area contributed by atoms with Gasteiger partial charge >= 0.3 is 0 Å². The van der Waals surface area contributed by atoms with Crippen LogP contribution < -0.4 is 11.1 Å². The SMILES string of the molecule is Cc1cccc(Cn2nccc2NC(=O)CN2CC[C@H](C(N)=O)C2)c1. The first kappa shape index (κ1) is 17.2. The number of anilines is 1. The molecule has 1 atom stereocenters. The van der Waals surface area contributed by atoms with Gasteiger partial charge in [-0.1, -0.05) is 29.8 Å². The number of carbonyl (C=O) groups is 2. The zero-order chi connectivity index (χ0) is 17.8. The number of rotatable bonds is 6. The molecule has 0 spiro atoms. The van der Waals surface area contributed by atoms with E-state index in [1.165, 1.54) is 5.56 Å². The second-order valence-corrected chi connectivity index (χ2v) is 6.53. The maximum absolute atomic E-state index is 12.3. The highest BCUT2D eigenvalue weighted by Crippen LogP contribution is 2.16. The molecule has 1 aliphatic rings. The number of aromatic nitrogens is 2. The Morgan fingerprint density at radius 1 is 1.36 bits per heavy atom. The topological polar surface area (TPSA) is 93.2 Å². The van der Waals surface area contributed by atoms with E-state index in [9.17, 15) is 9.59 Å². The molecular weight excluding hydrogens is 318 g/mol. The van der Waals surface area contributed by atoms with Crippen LogP contribution in [-0.4, -0.2) is 46.1 Å². The minimum Gasteiger partial charge on any atom is -0.369 e. The van der Waals surface area contributed by atoms with Gasteiger partial charge in [0.15, 0.2) is 0 Å². The molecule has 0 bridgehead atoms. The Morgan fingerprint density at radius 3 is 2.92 bits per heavy atom. The van der Waals surface area contributed by atoms with Crippen LogP contribution in [0.5, 0.6) is 0 Å². The van der Waals surface area contributed by atoms with Crippen molar-refractivity contribution >= 4 is 17.6 Å². The molecule has 25 heavy (non-hydrogen) atoms. The molecule has 3 rings (SSSR count). The summed E-state index contributed by atoms with van der Waals surface area (Å²) in [6.45, 7) is 4.15. The van der Waals surface area contributed by atoms with E-state index in [0.29, 0.717) is 31.9 Å². The molecule has 0 unspecified atom stereocenters. The zero-order valence-corrected chi connectivity index (χ0v) is 14.3. The summed E-state index contributed by atoms with van der Waals surface area (Å²) in [6, 6.07) is 9.97. The molecule has 0 aliphatic carbocycles. The van der Waals surface area contributed by atoms with Crippen LogP contribution in [0.25, 0.3) is 0 Å². The first-order valence-corrected chi connectivity index (χ1v) is 8.40. The number of hydrogen-bond acceptors (Lipinski definition) is 4. The van der Waals surface area contributed by atoms with Crippen molar-refractivity contribution in [3.63, 3.8) is 0 Å². The minimum atomic E-state index is -0.292. The van der Waals surface area contributed by atoms with Gasteiger partial charge in [0.1, 0.15) is 5.82 Å². The van der Waals surface area contributed by atoms with Crippen molar-refractivity contribution in [2.75, 3.05) is 25.0 Å². The van der Waals surface area contributed by atoms with E-state index >= 15 is 0 Å². The highest BCUT2D eigenvalue weighted by molar-refractivity contribution is 5.91. The average Bonchev–Trinajstić information content (AvgIpc) is 3.17. The number of nitrogens with zero attached hydrogens (tertiary/aromatic N) is 3. The standard InChI is InChI=1S/C18H23N5O2/c1-13-3-2-4-14(9-13)10-23-16(5-7-20-23)21-17(24)12-22-8-6-15(11-22)18(19)25/h2-5,7,9,15H,6,8,10-12H2,1H3,(H2,19,25)(H,21,24)/t15-/m0/s1. The molecule has 1 fully saturated rings. The summed E-state index contributed by atoms with van der Waals surface area (Å²) in [5, 5.41) is 7.19. The molecule has 132 valence electrons. The van der Waals surface area contributed by atoms with Gasteiger partial charge in [-0.2, -0.15) is 5.10 Å². The third kappa shape index (κ3) is 4.45. The molecule has 0 radical (unpaired) electrons. The Labute approximate surface area is 146 Å². The fourth-order valence-corrected chi connectivity index (χ4v) is 3.14. The Hall–Kier alpha value is -2.67. The summed E-state index contributed by atoms with van der Waals surface area (Å²) >= 11 is 0. The number of hydrogen-bond donors (Lipinski definition) is 2. The predicted octanol–water partition coefficient (Wildman–Crippen LogP) is 0.986. The fourth-order valence-electron chi connectivity index (χ4n) is 3.14. The number of primary amides is 1. The number of benzene rings is 1.